The van der Waals surface area contributed by atoms with Crippen LogP contribution in [0.4, 0.5) is 0 Å². The third-order valence-electron chi connectivity index (χ3n) is 5.83. The van der Waals surface area contributed by atoms with Crippen molar-refractivity contribution in [3.63, 3.8) is 0 Å². The molecule has 0 fully saturated rings. The number of nitrogens with zero attached hydrogens (tertiary/aromatic N) is 2. The van der Waals surface area contributed by atoms with Crippen LogP contribution in [0.3, 0.4) is 0 Å². The summed E-state index contributed by atoms with van der Waals surface area (Å²) in [5.41, 5.74) is 9.47. The largest absolute Gasteiger partial charge is 0.439 e. The molecule has 32 heavy (non-hydrogen) atoms. The van der Waals surface area contributed by atoms with E-state index >= 15 is 0 Å². The molecule has 2 heterocycles. The van der Waals surface area contributed by atoms with E-state index in [1.54, 1.807) is 6.20 Å². The van der Waals surface area contributed by atoms with E-state index in [4.69, 9.17) is 9.72 Å². The van der Waals surface area contributed by atoms with Gasteiger partial charge in [0.15, 0.2) is 0 Å². The lowest BCUT2D eigenvalue weighted by molar-refractivity contribution is 0.463. The minimum Gasteiger partial charge on any atom is -0.439 e. The van der Waals surface area contributed by atoms with Crippen molar-refractivity contribution < 1.29 is 4.74 Å². The Bertz CT molecular complexity index is 1430. The summed E-state index contributed by atoms with van der Waals surface area (Å²) in [7, 11) is 0. The molecule has 0 atom stereocenters. The van der Waals surface area contributed by atoms with Gasteiger partial charge in [-0.05, 0) is 65.1 Å². The average Bonchev–Trinajstić information content (AvgIpc) is 3.23. The molecule has 5 aromatic rings. The minimum absolute atomic E-state index is 0.575. The van der Waals surface area contributed by atoms with Gasteiger partial charge in [-0.25, -0.2) is 9.97 Å². The lowest BCUT2D eigenvalue weighted by Gasteiger charge is -2.09. The highest BCUT2D eigenvalue weighted by Gasteiger charge is 2.18. The first-order valence-corrected chi connectivity index (χ1v) is 10.7. The molecular formula is C29H20N2O. The molecule has 0 saturated heterocycles. The fourth-order valence-corrected chi connectivity index (χ4v) is 4.31. The Hall–Kier alpha value is -4.24. The number of benzene rings is 3. The maximum atomic E-state index is 5.90. The van der Waals surface area contributed by atoms with E-state index in [1.807, 2.05) is 42.5 Å². The van der Waals surface area contributed by atoms with E-state index in [0.717, 1.165) is 34.7 Å². The summed E-state index contributed by atoms with van der Waals surface area (Å²) in [5.74, 6) is 1.31. The Morgan fingerprint density at radius 1 is 0.594 bits per heavy atom. The van der Waals surface area contributed by atoms with Gasteiger partial charge >= 0.3 is 0 Å². The van der Waals surface area contributed by atoms with Crippen LogP contribution in [0.5, 0.6) is 11.6 Å². The Labute approximate surface area is 187 Å². The van der Waals surface area contributed by atoms with Gasteiger partial charge in [-0.3, -0.25) is 0 Å². The standard InChI is InChI=1S/C29H20N2O/c1-2-10-25-20(7-1)17-23-18-22(14-15-26(23)25)28-12-6-11-27(31-28)21-8-5-9-24(19-21)32-29-13-3-4-16-30-29/h1-16,18-19H,17H2. The van der Waals surface area contributed by atoms with Crippen LogP contribution in [-0.2, 0) is 6.42 Å². The quantitative estimate of drug-likeness (QED) is 0.308. The fraction of sp³-hybridized carbons (Fsp3) is 0.0345. The van der Waals surface area contributed by atoms with Gasteiger partial charge in [-0.15, -0.1) is 0 Å². The highest BCUT2D eigenvalue weighted by molar-refractivity contribution is 5.80. The summed E-state index contributed by atoms with van der Waals surface area (Å²) in [6, 6.07) is 35.1. The molecule has 0 aliphatic heterocycles. The van der Waals surface area contributed by atoms with E-state index in [1.165, 1.54) is 22.3 Å². The van der Waals surface area contributed by atoms with Gasteiger partial charge < -0.3 is 4.74 Å². The normalized spacial score (nSPS) is 11.6. The van der Waals surface area contributed by atoms with Gasteiger partial charge in [0.2, 0.25) is 5.88 Å². The number of aromatic nitrogens is 2. The molecule has 1 aliphatic rings. The van der Waals surface area contributed by atoms with Gasteiger partial charge in [0.25, 0.3) is 0 Å². The highest BCUT2D eigenvalue weighted by atomic mass is 16.5. The Morgan fingerprint density at radius 2 is 1.38 bits per heavy atom. The minimum atomic E-state index is 0.575. The van der Waals surface area contributed by atoms with Crippen LogP contribution in [0.1, 0.15) is 11.1 Å². The van der Waals surface area contributed by atoms with Crippen molar-refractivity contribution in [1.82, 2.24) is 9.97 Å². The van der Waals surface area contributed by atoms with Crippen molar-refractivity contribution in [2.24, 2.45) is 0 Å². The van der Waals surface area contributed by atoms with Gasteiger partial charge in [0, 0.05) is 23.4 Å². The monoisotopic (exact) mass is 412 g/mol. The highest BCUT2D eigenvalue weighted by Crippen LogP contribution is 2.38. The molecule has 3 nitrogen and oxygen atoms in total. The van der Waals surface area contributed by atoms with E-state index in [2.05, 4.69) is 65.6 Å². The topological polar surface area (TPSA) is 35.0 Å². The van der Waals surface area contributed by atoms with E-state index in [0.29, 0.717) is 5.88 Å². The van der Waals surface area contributed by atoms with E-state index in [9.17, 15) is 0 Å². The van der Waals surface area contributed by atoms with Crippen molar-refractivity contribution in [2.45, 2.75) is 6.42 Å². The van der Waals surface area contributed by atoms with Crippen LogP contribution in [-0.4, -0.2) is 9.97 Å². The van der Waals surface area contributed by atoms with Crippen molar-refractivity contribution in [3.05, 3.63) is 120 Å². The summed E-state index contributed by atoms with van der Waals surface area (Å²) < 4.78 is 5.90. The van der Waals surface area contributed by atoms with Crippen molar-refractivity contribution >= 4 is 0 Å². The smallest absolute Gasteiger partial charge is 0.219 e. The first kappa shape index (κ1) is 18.5. The van der Waals surface area contributed by atoms with Crippen LogP contribution in [0.2, 0.25) is 0 Å². The third-order valence-corrected chi connectivity index (χ3v) is 5.83. The zero-order valence-electron chi connectivity index (χ0n) is 17.4. The first-order chi connectivity index (χ1) is 15.8. The summed E-state index contributed by atoms with van der Waals surface area (Å²) in [5, 5.41) is 0. The molecule has 0 N–H and O–H groups in total. The predicted octanol–water partition coefficient (Wildman–Crippen LogP) is 7.17. The summed E-state index contributed by atoms with van der Waals surface area (Å²) >= 11 is 0. The summed E-state index contributed by atoms with van der Waals surface area (Å²) in [4.78, 5) is 9.20. The molecule has 0 spiro atoms. The average molecular weight is 412 g/mol. The molecule has 0 radical (unpaired) electrons. The van der Waals surface area contributed by atoms with Crippen LogP contribution in [0.15, 0.2) is 109 Å². The number of pyridine rings is 2. The molecule has 2 aromatic heterocycles. The second-order valence-electron chi connectivity index (χ2n) is 7.91. The van der Waals surface area contributed by atoms with Gasteiger partial charge in [0.1, 0.15) is 5.75 Å². The number of ether oxygens (including phenoxy) is 1. The van der Waals surface area contributed by atoms with Gasteiger partial charge in [-0.2, -0.15) is 0 Å². The third kappa shape index (κ3) is 3.44. The van der Waals surface area contributed by atoms with Crippen LogP contribution >= 0.6 is 0 Å². The zero-order chi connectivity index (χ0) is 21.3. The predicted molar refractivity (Wildman–Crippen MR) is 128 cm³/mol. The SMILES string of the molecule is c1ccc(Oc2cccc(-c3cccc(-c4ccc5c(c4)Cc4ccccc4-5)n3)c2)nc1. The zero-order valence-corrected chi connectivity index (χ0v) is 17.4. The Balaban J connectivity index is 1.31. The van der Waals surface area contributed by atoms with Crippen molar-refractivity contribution in [1.29, 1.82) is 0 Å². The molecule has 0 saturated carbocycles. The number of fused-ring (bicyclic) bond motifs is 3. The number of hydrogen-bond acceptors (Lipinski definition) is 3. The Morgan fingerprint density at radius 3 is 2.25 bits per heavy atom. The first-order valence-electron chi connectivity index (χ1n) is 10.7. The second-order valence-corrected chi connectivity index (χ2v) is 7.91. The molecule has 6 rings (SSSR count). The maximum Gasteiger partial charge on any atom is 0.219 e. The number of hydrogen-bond donors (Lipinski definition) is 0. The fourth-order valence-electron chi connectivity index (χ4n) is 4.31. The van der Waals surface area contributed by atoms with E-state index < -0.39 is 0 Å². The molecule has 3 aromatic carbocycles. The molecule has 0 bridgehead atoms. The number of rotatable bonds is 4. The molecule has 1 aliphatic carbocycles. The molecule has 0 unspecified atom stereocenters. The maximum absolute atomic E-state index is 5.90. The van der Waals surface area contributed by atoms with E-state index in [-0.39, 0.29) is 0 Å². The molecular weight excluding hydrogens is 392 g/mol. The molecule has 3 heteroatoms. The van der Waals surface area contributed by atoms with Gasteiger partial charge in [-0.1, -0.05) is 60.7 Å². The van der Waals surface area contributed by atoms with Crippen LogP contribution in [0.25, 0.3) is 33.6 Å². The summed E-state index contributed by atoms with van der Waals surface area (Å²) in [6.07, 6.45) is 2.70. The van der Waals surface area contributed by atoms with Crippen LogP contribution < -0.4 is 4.74 Å². The van der Waals surface area contributed by atoms with Gasteiger partial charge in [0.05, 0.1) is 11.4 Å². The summed E-state index contributed by atoms with van der Waals surface area (Å²) in [6.45, 7) is 0. The van der Waals surface area contributed by atoms with Crippen molar-refractivity contribution in [3.8, 4) is 45.3 Å². The molecule has 0 amide bonds. The van der Waals surface area contributed by atoms with Crippen LogP contribution in [0, 0.1) is 0 Å². The molecule has 152 valence electrons. The lowest BCUT2D eigenvalue weighted by Crippen LogP contribution is -1.91. The lowest BCUT2D eigenvalue weighted by atomic mass is 10.0. The second kappa shape index (κ2) is 7.78. The van der Waals surface area contributed by atoms with Crippen molar-refractivity contribution in [2.75, 3.05) is 0 Å². The Kier molecular flexibility index (Phi) is 4.51.